The Labute approximate surface area is 151 Å². The van der Waals surface area contributed by atoms with Crippen LogP contribution in [0.25, 0.3) is 0 Å². The lowest BCUT2D eigenvalue weighted by Crippen LogP contribution is -2.13. The SMILES string of the molecule is C=C/C(Cl)=C\C=C/CC1CNC[C@H]1c1cc(F)c(Cl)cc1NC=O. The van der Waals surface area contributed by atoms with Crippen LogP contribution in [-0.2, 0) is 4.79 Å². The van der Waals surface area contributed by atoms with Crippen molar-refractivity contribution in [1.29, 1.82) is 0 Å². The van der Waals surface area contributed by atoms with Crippen LogP contribution in [0.5, 0.6) is 0 Å². The molecule has 6 heteroatoms. The van der Waals surface area contributed by atoms with Gasteiger partial charge in [0.15, 0.2) is 0 Å². The van der Waals surface area contributed by atoms with Crippen LogP contribution in [0.4, 0.5) is 10.1 Å². The number of carbonyl (C=O) groups excluding carboxylic acids is 1. The Bertz CT molecular complexity index is 673. The van der Waals surface area contributed by atoms with Gasteiger partial charge < -0.3 is 10.6 Å². The molecule has 1 aliphatic rings. The van der Waals surface area contributed by atoms with Gasteiger partial charge in [0.05, 0.1) is 5.02 Å². The first-order valence-electron chi connectivity index (χ1n) is 7.61. The second-order valence-electron chi connectivity index (χ2n) is 5.56. The number of hydrogen-bond donors (Lipinski definition) is 2. The van der Waals surface area contributed by atoms with Crippen molar-refractivity contribution >= 4 is 35.3 Å². The van der Waals surface area contributed by atoms with E-state index in [1.165, 1.54) is 12.1 Å². The average molecular weight is 369 g/mol. The van der Waals surface area contributed by atoms with Crippen molar-refractivity contribution in [3.05, 3.63) is 64.5 Å². The highest BCUT2D eigenvalue weighted by Gasteiger charge is 2.30. The Morgan fingerprint density at radius 1 is 1.46 bits per heavy atom. The summed E-state index contributed by atoms with van der Waals surface area (Å²) in [6.07, 6.45) is 8.63. The van der Waals surface area contributed by atoms with Gasteiger partial charge in [-0.1, -0.05) is 48.0 Å². The molecule has 2 N–H and O–H groups in total. The molecule has 1 saturated heterocycles. The minimum atomic E-state index is -0.481. The predicted molar refractivity (Wildman–Crippen MR) is 98.1 cm³/mol. The molecule has 0 radical (unpaired) electrons. The van der Waals surface area contributed by atoms with E-state index in [9.17, 15) is 9.18 Å². The smallest absolute Gasteiger partial charge is 0.211 e. The zero-order chi connectivity index (χ0) is 17.5. The molecule has 2 atom stereocenters. The van der Waals surface area contributed by atoms with Gasteiger partial charge in [0.2, 0.25) is 6.41 Å². The minimum absolute atomic E-state index is 0.00490. The molecule has 0 aliphatic carbocycles. The van der Waals surface area contributed by atoms with Crippen LogP contribution in [0.1, 0.15) is 17.9 Å². The number of halogens is 3. The summed E-state index contributed by atoms with van der Waals surface area (Å²) in [4.78, 5) is 10.8. The number of nitrogens with one attached hydrogen (secondary N) is 2. The number of carbonyl (C=O) groups is 1. The Morgan fingerprint density at radius 3 is 2.96 bits per heavy atom. The minimum Gasteiger partial charge on any atom is -0.328 e. The molecule has 1 aliphatic heterocycles. The molecule has 1 aromatic rings. The van der Waals surface area contributed by atoms with Gasteiger partial charge in [-0.05, 0) is 42.7 Å². The first-order chi connectivity index (χ1) is 11.6. The predicted octanol–water partition coefficient (Wildman–Crippen LogP) is 4.61. The van der Waals surface area contributed by atoms with Gasteiger partial charge in [-0.15, -0.1) is 0 Å². The second kappa shape index (κ2) is 9.02. The number of amides is 1. The van der Waals surface area contributed by atoms with Gasteiger partial charge in [0.1, 0.15) is 5.82 Å². The molecule has 3 nitrogen and oxygen atoms in total. The number of allylic oxidation sites excluding steroid dienone is 5. The van der Waals surface area contributed by atoms with Gasteiger partial charge in [0.25, 0.3) is 0 Å². The average Bonchev–Trinajstić information content (AvgIpc) is 3.03. The second-order valence-corrected chi connectivity index (χ2v) is 6.40. The number of benzene rings is 1. The highest BCUT2D eigenvalue weighted by molar-refractivity contribution is 6.31. The highest BCUT2D eigenvalue weighted by Crippen LogP contribution is 2.37. The van der Waals surface area contributed by atoms with Crippen molar-refractivity contribution in [1.82, 2.24) is 5.32 Å². The Hall–Kier alpha value is -1.62. The standard InChI is InChI=1S/C18H19Cl2FN2O/c1-2-13(19)6-4-3-5-12-9-22-10-15(12)14-7-17(21)16(20)8-18(14)23-11-24/h2-4,6-8,11-12,15,22H,1,5,9-10H2,(H,23,24)/b4-3-,13-6+/t12?,15-/m1/s1. The lowest BCUT2D eigenvalue weighted by Gasteiger charge is -2.21. The van der Waals surface area contributed by atoms with Crippen LogP contribution in [0.15, 0.2) is 48.0 Å². The maximum Gasteiger partial charge on any atom is 0.211 e. The van der Waals surface area contributed by atoms with E-state index >= 15 is 0 Å². The maximum atomic E-state index is 13.9. The van der Waals surface area contributed by atoms with E-state index in [0.717, 1.165) is 25.1 Å². The van der Waals surface area contributed by atoms with Crippen molar-refractivity contribution in [2.75, 3.05) is 18.4 Å². The molecule has 1 unspecified atom stereocenters. The number of anilines is 1. The number of rotatable bonds is 7. The normalized spacial score (nSPS) is 21.2. The van der Waals surface area contributed by atoms with Crippen LogP contribution in [0, 0.1) is 11.7 Å². The Morgan fingerprint density at radius 2 is 2.25 bits per heavy atom. The summed E-state index contributed by atoms with van der Waals surface area (Å²) in [5.41, 5.74) is 1.31. The molecule has 128 valence electrons. The van der Waals surface area contributed by atoms with E-state index in [1.807, 2.05) is 12.2 Å². The van der Waals surface area contributed by atoms with Crippen LogP contribution in [-0.4, -0.2) is 19.5 Å². The summed E-state index contributed by atoms with van der Waals surface area (Å²) in [5, 5.41) is 6.51. The molecule has 0 aromatic heterocycles. The number of hydrogen-bond acceptors (Lipinski definition) is 2. The fourth-order valence-electron chi connectivity index (χ4n) is 2.88. The summed E-state index contributed by atoms with van der Waals surface area (Å²) in [6.45, 7) is 5.12. The summed E-state index contributed by atoms with van der Waals surface area (Å²) >= 11 is 11.7. The Balaban J connectivity index is 2.19. The molecule has 1 heterocycles. The van der Waals surface area contributed by atoms with E-state index < -0.39 is 5.82 Å². The highest BCUT2D eigenvalue weighted by atomic mass is 35.5. The van der Waals surface area contributed by atoms with Gasteiger partial charge in [-0.2, -0.15) is 0 Å². The quantitative estimate of drug-likeness (QED) is 0.545. The molecule has 24 heavy (non-hydrogen) atoms. The maximum absolute atomic E-state index is 13.9. The lowest BCUT2D eigenvalue weighted by atomic mass is 9.85. The summed E-state index contributed by atoms with van der Waals surface area (Å²) in [7, 11) is 0. The first kappa shape index (κ1) is 18.7. The third kappa shape index (κ3) is 4.69. The molecular weight excluding hydrogens is 350 g/mol. The molecule has 1 amide bonds. The third-order valence-corrected chi connectivity index (χ3v) is 4.64. The lowest BCUT2D eigenvalue weighted by molar-refractivity contribution is -0.105. The first-order valence-corrected chi connectivity index (χ1v) is 8.37. The van der Waals surface area contributed by atoms with Gasteiger partial charge in [-0.3, -0.25) is 4.79 Å². The molecule has 1 aromatic carbocycles. The van der Waals surface area contributed by atoms with Crippen LogP contribution >= 0.6 is 23.2 Å². The van der Waals surface area contributed by atoms with Gasteiger partial charge >= 0.3 is 0 Å². The van der Waals surface area contributed by atoms with Crippen LogP contribution < -0.4 is 10.6 Å². The summed E-state index contributed by atoms with van der Waals surface area (Å²) in [5.74, 6) is -0.113. The summed E-state index contributed by atoms with van der Waals surface area (Å²) in [6, 6.07) is 2.87. The zero-order valence-corrected chi connectivity index (χ0v) is 14.6. The van der Waals surface area contributed by atoms with Crippen molar-refractivity contribution in [2.24, 2.45) is 5.92 Å². The topological polar surface area (TPSA) is 41.1 Å². The molecule has 0 saturated carbocycles. The van der Waals surface area contributed by atoms with Gasteiger partial charge in [0, 0.05) is 23.2 Å². The Kier molecular flexibility index (Phi) is 7.03. The fraction of sp³-hybridized carbons (Fsp3) is 0.278. The van der Waals surface area contributed by atoms with Crippen LogP contribution in [0.2, 0.25) is 5.02 Å². The summed E-state index contributed by atoms with van der Waals surface area (Å²) < 4.78 is 13.9. The van der Waals surface area contributed by atoms with Gasteiger partial charge in [-0.25, -0.2) is 4.39 Å². The van der Waals surface area contributed by atoms with Crippen LogP contribution in [0.3, 0.4) is 0 Å². The van der Waals surface area contributed by atoms with E-state index in [2.05, 4.69) is 17.2 Å². The zero-order valence-electron chi connectivity index (χ0n) is 13.1. The van der Waals surface area contributed by atoms with Crippen molar-refractivity contribution in [3.8, 4) is 0 Å². The van der Waals surface area contributed by atoms with E-state index in [4.69, 9.17) is 23.2 Å². The molecular formula is C18H19Cl2FN2O. The monoisotopic (exact) mass is 368 g/mol. The van der Waals surface area contributed by atoms with E-state index in [0.29, 0.717) is 17.1 Å². The molecule has 0 spiro atoms. The fourth-order valence-corrected chi connectivity index (χ4v) is 3.12. The third-order valence-electron chi connectivity index (χ3n) is 4.07. The van der Waals surface area contributed by atoms with Crippen molar-refractivity contribution in [2.45, 2.75) is 12.3 Å². The molecule has 2 rings (SSSR count). The molecule has 0 bridgehead atoms. The largest absolute Gasteiger partial charge is 0.328 e. The molecule has 1 fully saturated rings. The van der Waals surface area contributed by atoms with Crippen molar-refractivity contribution in [3.63, 3.8) is 0 Å². The van der Waals surface area contributed by atoms with E-state index in [1.54, 1.807) is 12.2 Å². The van der Waals surface area contributed by atoms with E-state index in [-0.39, 0.29) is 16.9 Å². The van der Waals surface area contributed by atoms with Crippen molar-refractivity contribution < 1.29 is 9.18 Å².